The van der Waals surface area contributed by atoms with Gasteiger partial charge in [-0.1, -0.05) is 11.6 Å². The van der Waals surface area contributed by atoms with Crippen molar-refractivity contribution < 1.29 is 13.2 Å². The van der Waals surface area contributed by atoms with Crippen LogP contribution in [0.4, 0.5) is 19.0 Å². The minimum atomic E-state index is -4.13. The monoisotopic (exact) mass is 529 g/mol. The standard InChI is InChI=1S/C26H27ClF3N7/c1-15-23(32-5-4-31-15)36-13-25(14-36)9-17(10-25)24-34-33-22-12-35(20-7-18(8-20)26(28,29)30)11-16-6-19(27)2-3-21(16)37(22)24/h2-6,17-18,20H,7-14H2,1H3. The molecule has 37 heavy (non-hydrogen) atoms. The highest BCUT2D eigenvalue weighted by Crippen LogP contribution is 2.57. The van der Waals surface area contributed by atoms with E-state index in [4.69, 9.17) is 11.6 Å². The number of benzene rings is 1. The first-order valence-electron chi connectivity index (χ1n) is 12.8. The summed E-state index contributed by atoms with van der Waals surface area (Å²) in [6.07, 6.45) is 1.66. The first kappa shape index (κ1) is 23.4. The van der Waals surface area contributed by atoms with Gasteiger partial charge in [0.2, 0.25) is 0 Å². The molecular weight excluding hydrogens is 503 g/mol. The predicted molar refractivity (Wildman–Crippen MR) is 132 cm³/mol. The number of hydrogen-bond donors (Lipinski definition) is 0. The van der Waals surface area contributed by atoms with E-state index in [9.17, 15) is 13.2 Å². The molecule has 0 amide bonds. The Morgan fingerprint density at radius 1 is 1.03 bits per heavy atom. The molecule has 0 radical (unpaired) electrons. The molecule has 2 aliphatic heterocycles. The Balaban J connectivity index is 1.12. The molecular formula is C26H27ClF3N7. The highest BCUT2D eigenvalue weighted by atomic mass is 35.5. The minimum Gasteiger partial charge on any atom is -0.354 e. The summed E-state index contributed by atoms with van der Waals surface area (Å²) in [5.41, 5.74) is 3.20. The Morgan fingerprint density at radius 2 is 1.78 bits per heavy atom. The quantitative estimate of drug-likeness (QED) is 0.472. The predicted octanol–water partition coefficient (Wildman–Crippen LogP) is 5.06. The zero-order chi connectivity index (χ0) is 25.5. The Kier molecular flexibility index (Phi) is 5.15. The van der Waals surface area contributed by atoms with Crippen LogP contribution in [0.3, 0.4) is 0 Å². The van der Waals surface area contributed by atoms with Gasteiger partial charge in [-0.15, -0.1) is 10.2 Å². The van der Waals surface area contributed by atoms with Crippen molar-refractivity contribution in [2.45, 2.75) is 63.8 Å². The van der Waals surface area contributed by atoms with E-state index in [0.29, 0.717) is 24.0 Å². The fraction of sp³-hybridized carbons (Fsp3) is 0.538. The van der Waals surface area contributed by atoms with Crippen LogP contribution in [-0.2, 0) is 13.1 Å². The third-order valence-corrected chi connectivity index (χ3v) is 9.01. The molecule has 7 rings (SSSR count). The molecule has 3 aromatic rings. The van der Waals surface area contributed by atoms with Crippen LogP contribution in [0.5, 0.6) is 0 Å². The lowest BCUT2D eigenvalue weighted by molar-refractivity contribution is -0.207. The molecule has 1 aromatic carbocycles. The van der Waals surface area contributed by atoms with Crippen LogP contribution in [0.2, 0.25) is 5.02 Å². The number of rotatable bonds is 3. The number of alkyl halides is 3. The average molecular weight is 530 g/mol. The van der Waals surface area contributed by atoms with E-state index in [1.807, 2.05) is 25.1 Å². The minimum absolute atomic E-state index is 0.123. The van der Waals surface area contributed by atoms with E-state index in [0.717, 1.165) is 60.3 Å². The molecule has 4 heterocycles. The molecule has 194 valence electrons. The van der Waals surface area contributed by atoms with Crippen molar-refractivity contribution >= 4 is 17.4 Å². The van der Waals surface area contributed by atoms with Gasteiger partial charge in [-0.25, -0.2) is 4.98 Å². The summed E-state index contributed by atoms with van der Waals surface area (Å²) in [4.78, 5) is 13.3. The Hall–Kier alpha value is -2.72. The molecule has 2 saturated carbocycles. The van der Waals surface area contributed by atoms with Gasteiger partial charge in [-0.2, -0.15) is 13.2 Å². The van der Waals surface area contributed by atoms with Crippen LogP contribution in [0.1, 0.15) is 54.5 Å². The highest BCUT2D eigenvalue weighted by molar-refractivity contribution is 6.30. The van der Waals surface area contributed by atoms with Crippen molar-refractivity contribution in [2.75, 3.05) is 18.0 Å². The van der Waals surface area contributed by atoms with E-state index >= 15 is 0 Å². The van der Waals surface area contributed by atoms with Crippen LogP contribution in [0.15, 0.2) is 30.6 Å². The van der Waals surface area contributed by atoms with E-state index in [-0.39, 0.29) is 24.3 Å². The number of halogens is 4. The smallest absolute Gasteiger partial charge is 0.354 e. The molecule has 4 aliphatic rings. The van der Waals surface area contributed by atoms with Gasteiger partial charge in [0.15, 0.2) is 5.82 Å². The topological polar surface area (TPSA) is 63.0 Å². The lowest BCUT2D eigenvalue weighted by Crippen LogP contribution is -2.62. The molecule has 1 spiro atoms. The Morgan fingerprint density at radius 3 is 2.51 bits per heavy atom. The van der Waals surface area contributed by atoms with Crippen molar-refractivity contribution in [2.24, 2.45) is 11.3 Å². The third-order valence-electron chi connectivity index (χ3n) is 8.78. The molecule has 2 aliphatic carbocycles. The van der Waals surface area contributed by atoms with Crippen LogP contribution < -0.4 is 4.90 Å². The summed E-state index contributed by atoms with van der Waals surface area (Å²) >= 11 is 6.35. The lowest BCUT2D eigenvalue weighted by atomic mass is 9.57. The number of anilines is 1. The lowest BCUT2D eigenvalue weighted by Gasteiger charge is -2.59. The van der Waals surface area contributed by atoms with Crippen LogP contribution >= 0.6 is 11.6 Å². The second kappa shape index (κ2) is 8.14. The first-order valence-corrected chi connectivity index (χ1v) is 13.1. The zero-order valence-corrected chi connectivity index (χ0v) is 21.2. The third kappa shape index (κ3) is 3.82. The van der Waals surface area contributed by atoms with Crippen LogP contribution in [-0.4, -0.2) is 54.9 Å². The van der Waals surface area contributed by atoms with Gasteiger partial charge in [0.1, 0.15) is 11.6 Å². The summed E-state index contributed by atoms with van der Waals surface area (Å²) in [7, 11) is 0. The molecule has 0 bridgehead atoms. The molecule has 0 unspecified atom stereocenters. The van der Waals surface area contributed by atoms with Crippen LogP contribution in [0, 0.1) is 18.3 Å². The van der Waals surface area contributed by atoms with Crippen LogP contribution in [0.25, 0.3) is 5.69 Å². The van der Waals surface area contributed by atoms with Crippen molar-refractivity contribution in [1.29, 1.82) is 0 Å². The van der Waals surface area contributed by atoms with Gasteiger partial charge < -0.3 is 4.90 Å². The molecule has 11 heteroatoms. The summed E-state index contributed by atoms with van der Waals surface area (Å²) in [5, 5.41) is 9.80. The van der Waals surface area contributed by atoms with E-state index in [2.05, 4.69) is 34.5 Å². The largest absolute Gasteiger partial charge is 0.391 e. The van der Waals surface area contributed by atoms with Gasteiger partial charge in [0.25, 0.3) is 0 Å². The molecule has 0 atom stereocenters. The van der Waals surface area contributed by atoms with Gasteiger partial charge in [-0.05, 0) is 56.4 Å². The molecule has 1 saturated heterocycles. The molecule has 2 aromatic heterocycles. The second-order valence-electron chi connectivity index (χ2n) is 11.3. The average Bonchev–Trinajstić information content (AvgIpc) is 3.07. The van der Waals surface area contributed by atoms with Crippen molar-refractivity contribution in [3.63, 3.8) is 0 Å². The van der Waals surface area contributed by atoms with Gasteiger partial charge in [-0.3, -0.25) is 14.5 Å². The number of nitrogens with zero attached hydrogens (tertiary/aromatic N) is 7. The highest BCUT2D eigenvalue weighted by Gasteiger charge is 2.55. The summed E-state index contributed by atoms with van der Waals surface area (Å²) < 4.78 is 41.6. The zero-order valence-electron chi connectivity index (χ0n) is 20.4. The summed E-state index contributed by atoms with van der Waals surface area (Å²) in [6, 6.07) is 5.66. The maximum Gasteiger partial charge on any atom is 0.391 e. The van der Waals surface area contributed by atoms with Crippen molar-refractivity contribution in [3.8, 4) is 5.69 Å². The SMILES string of the molecule is Cc1nccnc1N1CC2(CC(c3nnc4n3-c3ccc(Cl)cc3CN(C3CC(C(F)(F)F)C3)C4)C2)C1. The Bertz CT molecular complexity index is 1350. The van der Waals surface area contributed by atoms with Crippen molar-refractivity contribution in [3.05, 3.63) is 58.5 Å². The number of aryl methyl sites for hydroxylation is 1. The molecule has 7 nitrogen and oxygen atoms in total. The Labute approximate surface area is 217 Å². The number of fused-ring (bicyclic) bond motifs is 3. The van der Waals surface area contributed by atoms with E-state index in [1.54, 1.807) is 12.4 Å². The van der Waals surface area contributed by atoms with Gasteiger partial charge >= 0.3 is 6.18 Å². The first-order chi connectivity index (χ1) is 17.7. The maximum absolute atomic E-state index is 13.2. The fourth-order valence-corrected chi connectivity index (χ4v) is 6.97. The van der Waals surface area contributed by atoms with E-state index < -0.39 is 12.1 Å². The fourth-order valence-electron chi connectivity index (χ4n) is 6.78. The second-order valence-corrected chi connectivity index (χ2v) is 11.7. The summed E-state index contributed by atoms with van der Waals surface area (Å²) in [5.74, 6) is 1.77. The normalized spacial score (nSPS) is 25.1. The number of hydrogen-bond acceptors (Lipinski definition) is 6. The maximum atomic E-state index is 13.2. The molecule has 3 fully saturated rings. The van der Waals surface area contributed by atoms with Gasteiger partial charge in [0.05, 0.1) is 23.8 Å². The number of aromatic nitrogens is 5. The summed E-state index contributed by atoms with van der Waals surface area (Å²) in [6.45, 7) is 4.95. The molecule has 0 N–H and O–H groups in total. The van der Waals surface area contributed by atoms with E-state index in [1.165, 1.54) is 0 Å². The van der Waals surface area contributed by atoms with Gasteiger partial charge in [0, 0.05) is 54.4 Å². The van der Waals surface area contributed by atoms with Crippen molar-refractivity contribution in [1.82, 2.24) is 29.6 Å².